The fourth-order valence-corrected chi connectivity index (χ4v) is 4.34. The summed E-state index contributed by atoms with van der Waals surface area (Å²) in [6.45, 7) is 3.64. The summed E-state index contributed by atoms with van der Waals surface area (Å²) in [5.41, 5.74) is 1.59. The van der Waals surface area contributed by atoms with E-state index >= 15 is 0 Å². The number of hydrogen-bond acceptors (Lipinski definition) is 7. The molecule has 11 heteroatoms. The molecule has 0 saturated carbocycles. The molecule has 0 bridgehead atoms. The Labute approximate surface area is 199 Å². The van der Waals surface area contributed by atoms with Crippen molar-refractivity contribution in [2.75, 3.05) is 48.0 Å². The van der Waals surface area contributed by atoms with Crippen LogP contribution < -0.4 is 15.1 Å². The van der Waals surface area contributed by atoms with Crippen LogP contribution in [0.5, 0.6) is 0 Å². The summed E-state index contributed by atoms with van der Waals surface area (Å²) in [7, 11) is 0. The molecule has 0 radical (unpaired) electrons. The molecule has 1 saturated heterocycles. The van der Waals surface area contributed by atoms with Gasteiger partial charge in [0, 0.05) is 37.1 Å². The zero-order chi connectivity index (χ0) is 23.7. The topological polar surface area (TPSA) is 66.4 Å². The van der Waals surface area contributed by atoms with Crippen molar-refractivity contribution in [2.45, 2.75) is 19.1 Å². The molecule has 34 heavy (non-hydrogen) atoms. The number of nitrogens with one attached hydrogen (secondary N) is 1. The van der Waals surface area contributed by atoms with Crippen molar-refractivity contribution in [3.63, 3.8) is 0 Å². The molecular weight excluding hydrogens is 469 g/mol. The van der Waals surface area contributed by atoms with Crippen molar-refractivity contribution >= 4 is 34.9 Å². The van der Waals surface area contributed by atoms with E-state index in [-0.39, 0.29) is 0 Å². The molecule has 3 aromatic rings. The molecule has 0 unspecified atom stereocenters. The first-order valence-electron chi connectivity index (χ1n) is 10.9. The Morgan fingerprint density at radius 1 is 0.971 bits per heavy atom. The second-order valence-corrected chi connectivity index (χ2v) is 8.48. The van der Waals surface area contributed by atoms with E-state index in [4.69, 9.17) is 26.3 Å². The number of anilines is 4. The lowest BCUT2D eigenvalue weighted by Gasteiger charge is -2.33. The van der Waals surface area contributed by atoms with Gasteiger partial charge in [-0.1, -0.05) is 11.6 Å². The van der Waals surface area contributed by atoms with Crippen LogP contribution in [0.4, 0.5) is 36.4 Å². The Kier molecular flexibility index (Phi) is 6.18. The zero-order valence-electron chi connectivity index (χ0n) is 18.1. The Bertz CT molecular complexity index is 1170. The minimum atomic E-state index is -4.38. The normalized spacial score (nSPS) is 16.4. The van der Waals surface area contributed by atoms with E-state index in [0.29, 0.717) is 74.1 Å². The summed E-state index contributed by atoms with van der Waals surface area (Å²) in [5.74, 6) is 1.85. The van der Waals surface area contributed by atoms with Gasteiger partial charge in [-0.05, 0) is 42.8 Å². The minimum absolute atomic E-state index is 0.494. The van der Waals surface area contributed by atoms with E-state index in [9.17, 15) is 13.2 Å². The van der Waals surface area contributed by atoms with E-state index in [1.54, 1.807) is 18.3 Å². The molecule has 2 aliphatic heterocycles. The second kappa shape index (κ2) is 9.27. The molecular formula is C23H22ClF3N6O. The first-order valence-corrected chi connectivity index (χ1v) is 11.3. The third-order valence-corrected chi connectivity index (χ3v) is 6.16. The van der Waals surface area contributed by atoms with Gasteiger partial charge in [0.15, 0.2) is 0 Å². The van der Waals surface area contributed by atoms with Gasteiger partial charge in [0.2, 0.25) is 5.95 Å². The summed E-state index contributed by atoms with van der Waals surface area (Å²) in [6, 6.07) is 8.53. The zero-order valence-corrected chi connectivity index (χ0v) is 18.9. The predicted molar refractivity (Wildman–Crippen MR) is 124 cm³/mol. The summed E-state index contributed by atoms with van der Waals surface area (Å²) in [6.07, 6.45) is -2.05. The lowest BCUT2D eigenvalue weighted by Crippen LogP contribution is -2.39. The lowest BCUT2D eigenvalue weighted by atomic mass is 10.0. The molecule has 0 aliphatic carbocycles. The molecule has 0 spiro atoms. The van der Waals surface area contributed by atoms with Gasteiger partial charge in [0.1, 0.15) is 11.6 Å². The molecule has 0 amide bonds. The number of aromatic nitrogens is 3. The third kappa shape index (κ3) is 4.74. The Balaban J connectivity index is 1.48. The van der Waals surface area contributed by atoms with E-state index in [1.165, 1.54) is 12.1 Å². The van der Waals surface area contributed by atoms with Crippen molar-refractivity contribution in [2.24, 2.45) is 0 Å². The minimum Gasteiger partial charge on any atom is -0.378 e. The summed E-state index contributed by atoms with van der Waals surface area (Å²) < 4.78 is 44.3. The van der Waals surface area contributed by atoms with Crippen LogP contribution in [0.15, 0.2) is 42.6 Å². The molecule has 2 aliphatic rings. The fourth-order valence-electron chi connectivity index (χ4n) is 4.10. The number of ether oxygens (including phenoxy) is 1. The first kappa shape index (κ1) is 22.7. The summed E-state index contributed by atoms with van der Waals surface area (Å²) >= 11 is 6.37. The smallest absolute Gasteiger partial charge is 0.378 e. The lowest BCUT2D eigenvalue weighted by molar-refractivity contribution is -0.137. The average molecular weight is 491 g/mol. The summed E-state index contributed by atoms with van der Waals surface area (Å²) in [4.78, 5) is 18.1. The van der Waals surface area contributed by atoms with Gasteiger partial charge >= 0.3 is 6.18 Å². The van der Waals surface area contributed by atoms with Crippen LogP contribution in [0, 0.1) is 0 Å². The van der Waals surface area contributed by atoms with Crippen molar-refractivity contribution in [1.82, 2.24) is 15.0 Å². The van der Waals surface area contributed by atoms with Crippen LogP contribution in [0.3, 0.4) is 0 Å². The van der Waals surface area contributed by atoms with Gasteiger partial charge in [0.25, 0.3) is 0 Å². The molecule has 1 aromatic carbocycles. The molecule has 178 valence electrons. The van der Waals surface area contributed by atoms with E-state index in [0.717, 1.165) is 23.4 Å². The van der Waals surface area contributed by atoms with Crippen LogP contribution in [-0.2, 0) is 23.9 Å². The highest BCUT2D eigenvalue weighted by atomic mass is 35.5. The van der Waals surface area contributed by atoms with Crippen molar-refractivity contribution < 1.29 is 17.9 Å². The Hall–Kier alpha value is -3.11. The average Bonchev–Trinajstić information content (AvgIpc) is 2.84. The number of rotatable bonds is 4. The van der Waals surface area contributed by atoms with Crippen molar-refractivity contribution in [1.29, 1.82) is 0 Å². The van der Waals surface area contributed by atoms with Crippen LogP contribution in [0.2, 0.25) is 5.02 Å². The third-order valence-electron chi connectivity index (χ3n) is 5.86. The van der Waals surface area contributed by atoms with Gasteiger partial charge in [-0.15, -0.1) is 0 Å². The quantitative estimate of drug-likeness (QED) is 0.569. The molecule has 1 fully saturated rings. The molecule has 1 N–H and O–H groups in total. The largest absolute Gasteiger partial charge is 0.416 e. The second-order valence-electron chi connectivity index (χ2n) is 8.08. The van der Waals surface area contributed by atoms with Crippen molar-refractivity contribution in [3.05, 3.63) is 64.4 Å². The number of fused-ring (bicyclic) bond motifs is 1. The number of halogens is 4. The first-order chi connectivity index (χ1) is 16.4. The number of benzene rings is 1. The van der Waals surface area contributed by atoms with Gasteiger partial charge in [0.05, 0.1) is 36.0 Å². The molecule has 4 heterocycles. The number of morpholine rings is 1. The highest BCUT2D eigenvalue weighted by Gasteiger charge is 2.30. The number of pyridine rings is 1. The SMILES string of the molecule is FC(F)(F)c1ccc(Nc2nc(N3CCOCC3)nc3c2CCN(c2ncccc2Cl)C3)cc1. The summed E-state index contributed by atoms with van der Waals surface area (Å²) in [5, 5.41) is 3.79. The maximum absolute atomic E-state index is 13.0. The highest BCUT2D eigenvalue weighted by Crippen LogP contribution is 2.34. The molecule has 5 rings (SSSR count). The van der Waals surface area contributed by atoms with Crippen LogP contribution >= 0.6 is 11.6 Å². The maximum atomic E-state index is 13.0. The van der Waals surface area contributed by atoms with E-state index in [1.807, 2.05) is 0 Å². The number of hydrogen-bond donors (Lipinski definition) is 1. The van der Waals surface area contributed by atoms with E-state index < -0.39 is 11.7 Å². The van der Waals surface area contributed by atoms with Gasteiger partial charge < -0.3 is 19.9 Å². The van der Waals surface area contributed by atoms with Gasteiger partial charge in [-0.25, -0.2) is 9.97 Å². The predicted octanol–water partition coefficient (Wildman–Crippen LogP) is 4.69. The van der Waals surface area contributed by atoms with E-state index in [2.05, 4.69) is 20.1 Å². The highest BCUT2D eigenvalue weighted by molar-refractivity contribution is 6.32. The van der Waals surface area contributed by atoms with Gasteiger partial charge in [-0.3, -0.25) is 0 Å². The van der Waals surface area contributed by atoms with Crippen molar-refractivity contribution in [3.8, 4) is 0 Å². The molecule has 2 aromatic heterocycles. The Morgan fingerprint density at radius 2 is 1.74 bits per heavy atom. The fraction of sp³-hybridized carbons (Fsp3) is 0.348. The van der Waals surface area contributed by atoms with Gasteiger partial charge in [-0.2, -0.15) is 18.2 Å². The molecule has 0 atom stereocenters. The maximum Gasteiger partial charge on any atom is 0.416 e. The van der Waals surface area contributed by atoms with Crippen LogP contribution in [0.25, 0.3) is 0 Å². The number of nitrogens with zero attached hydrogens (tertiary/aromatic N) is 5. The Morgan fingerprint density at radius 3 is 2.44 bits per heavy atom. The standard InChI is InChI=1S/C23H22ClF3N6O/c24-18-2-1-8-28-21(18)33-9-7-17-19(14-33)30-22(32-10-12-34-13-11-32)31-20(17)29-16-5-3-15(4-6-16)23(25,26)27/h1-6,8H,7,9-14H2,(H,29,30,31). The van der Waals surface area contributed by atoms with Crippen LogP contribution in [-0.4, -0.2) is 47.8 Å². The molecule has 7 nitrogen and oxygen atoms in total. The number of alkyl halides is 3. The van der Waals surface area contributed by atoms with Crippen LogP contribution in [0.1, 0.15) is 16.8 Å². The monoisotopic (exact) mass is 490 g/mol.